The van der Waals surface area contributed by atoms with Gasteiger partial charge in [0.15, 0.2) is 0 Å². The number of hydrogen-bond acceptors (Lipinski definition) is 5. The second kappa shape index (κ2) is 7.29. The maximum Gasteiger partial charge on any atom is 0.273 e. The van der Waals surface area contributed by atoms with Gasteiger partial charge >= 0.3 is 0 Å². The molecule has 2 aromatic rings. The average molecular weight is 340 g/mol. The molecular weight excluding hydrogens is 316 g/mol. The van der Waals surface area contributed by atoms with Gasteiger partial charge in [0.1, 0.15) is 5.69 Å². The summed E-state index contributed by atoms with van der Waals surface area (Å²) >= 11 is 0. The van der Waals surface area contributed by atoms with Crippen molar-refractivity contribution in [3.63, 3.8) is 0 Å². The van der Waals surface area contributed by atoms with E-state index in [9.17, 15) is 9.90 Å². The minimum Gasteiger partial charge on any atom is -0.387 e. The third-order valence-corrected chi connectivity index (χ3v) is 4.54. The first-order chi connectivity index (χ1) is 12.0. The summed E-state index contributed by atoms with van der Waals surface area (Å²) in [5.41, 5.74) is 1.41. The van der Waals surface area contributed by atoms with Crippen LogP contribution in [0.4, 0.5) is 0 Å². The van der Waals surface area contributed by atoms with E-state index in [1.165, 1.54) is 16.7 Å². The minimum absolute atomic E-state index is 0.220. The van der Waals surface area contributed by atoms with Crippen LogP contribution in [0.5, 0.6) is 0 Å². The molecule has 1 saturated heterocycles. The molecule has 6 nitrogen and oxygen atoms in total. The number of likely N-dealkylation sites (N-methyl/N-ethyl adjacent to an activating group) is 1. The SMILES string of the molecule is Cc1cnc(C(=O)N(C)CC2(O)CCN(Cc3ccccc3)C2)cn1. The molecule has 1 amide bonds. The number of hydrogen-bond donors (Lipinski definition) is 1. The number of β-amino-alcohol motifs (C(OH)–C–C–N with tert-alkyl or cyclic N) is 1. The van der Waals surface area contributed by atoms with Crippen molar-refractivity contribution in [2.45, 2.75) is 25.5 Å². The molecule has 0 bridgehead atoms. The molecule has 1 N–H and O–H groups in total. The fourth-order valence-corrected chi connectivity index (χ4v) is 3.26. The first-order valence-electron chi connectivity index (χ1n) is 8.48. The summed E-state index contributed by atoms with van der Waals surface area (Å²) in [6, 6.07) is 10.2. The van der Waals surface area contributed by atoms with Crippen molar-refractivity contribution >= 4 is 5.91 Å². The van der Waals surface area contributed by atoms with Crippen LogP contribution in [0.25, 0.3) is 0 Å². The van der Waals surface area contributed by atoms with E-state index in [0.717, 1.165) is 18.8 Å². The molecule has 0 radical (unpaired) electrons. The second-order valence-electron chi connectivity index (χ2n) is 6.87. The molecule has 1 aliphatic rings. The number of benzene rings is 1. The van der Waals surface area contributed by atoms with Crippen LogP contribution < -0.4 is 0 Å². The molecule has 1 aromatic carbocycles. The van der Waals surface area contributed by atoms with Crippen molar-refractivity contribution in [2.24, 2.45) is 0 Å². The molecule has 3 rings (SSSR count). The third kappa shape index (κ3) is 4.41. The number of nitrogens with zero attached hydrogens (tertiary/aromatic N) is 4. The van der Waals surface area contributed by atoms with Gasteiger partial charge in [0.25, 0.3) is 5.91 Å². The van der Waals surface area contributed by atoms with Gasteiger partial charge in [-0.1, -0.05) is 30.3 Å². The van der Waals surface area contributed by atoms with Crippen LogP contribution in [0.15, 0.2) is 42.7 Å². The van der Waals surface area contributed by atoms with Crippen LogP contribution in [0.1, 0.15) is 28.2 Å². The van der Waals surface area contributed by atoms with Gasteiger partial charge < -0.3 is 10.0 Å². The van der Waals surface area contributed by atoms with Gasteiger partial charge in [-0.15, -0.1) is 0 Å². The number of likely N-dealkylation sites (tertiary alicyclic amines) is 1. The molecule has 1 aliphatic heterocycles. The number of aromatic nitrogens is 2. The van der Waals surface area contributed by atoms with E-state index in [1.54, 1.807) is 13.2 Å². The number of amides is 1. The Kier molecular flexibility index (Phi) is 5.11. The van der Waals surface area contributed by atoms with Crippen molar-refractivity contribution in [1.29, 1.82) is 0 Å². The normalized spacial score (nSPS) is 20.6. The Labute approximate surface area is 148 Å². The lowest BCUT2D eigenvalue weighted by Gasteiger charge is -2.29. The van der Waals surface area contributed by atoms with Crippen LogP contribution in [-0.4, -0.2) is 63.1 Å². The average Bonchev–Trinajstić information content (AvgIpc) is 2.96. The fraction of sp³-hybridized carbons (Fsp3) is 0.421. The van der Waals surface area contributed by atoms with Crippen molar-refractivity contribution in [1.82, 2.24) is 19.8 Å². The number of rotatable bonds is 5. The van der Waals surface area contributed by atoms with Crippen LogP contribution >= 0.6 is 0 Å². The Morgan fingerprint density at radius 1 is 1.28 bits per heavy atom. The van der Waals surface area contributed by atoms with E-state index >= 15 is 0 Å². The van der Waals surface area contributed by atoms with E-state index in [1.807, 2.05) is 25.1 Å². The van der Waals surface area contributed by atoms with Crippen molar-refractivity contribution in [2.75, 3.05) is 26.7 Å². The number of carbonyl (C=O) groups excluding carboxylic acids is 1. The highest BCUT2D eigenvalue weighted by molar-refractivity contribution is 5.91. The standard InChI is InChI=1S/C19H24N4O2/c1-15-10-21-17(11-20-15)18(24)22(2)13-19(25)8-9-23(14-19)12-16-6-4-3-5-7-16/h3-7,10-11,25H,8-9,12-14H2,1-2H3. The quantitative estimate of drug-likeness (QED) is 0.893. The number of carbonyl (C=O) groups is 1. The zero-order valence-electron chi connectivity index (χ0n) is 14.7. The molecule has 0 saturated carbocycles. The molecule has 6 heteroatoms. The minimum atomic E-state index is -0.892. The highest BCUT2D eigenvalue weighted by Crippen LogP contribution is 2.24. The lowest BCUT2D eigenvalue weighted by molar-refractivity contribution is 0.0168. The molecule has 1 atom stereocenters. The van der Waals surface area contributed by atoms with Gasteiger partial charge in [0.05, 0.1) is 24.0 Å². The van der Waals surface area contributed by atoms with E-state index in [4.69, 9.17) is 0 Å². The third-order valence-electron chi connectivity index (χ3n) is 4.54. The summed E-state index contributed by atoms with van der Waals surface area (Å²) in [5.74, 6) is -0.220. The summed E-state index contributed by atoms with van der Waals surface area (Å²) in [6.07, 6.45) is 3.71. The molecule has 1 unspecified atom stereocenters. The van der Waals surface area contributed by atoms with Gasteiger partial charge in [-0.05, 0) is 18.9 Å². The number of aryl methyl sites for hydroxylation is 1. The highest BCUT2D eigenvalue weighted by atomic mass is 16.3. The van der Waals surface area contributed by atoms with E-state index < -0.39 is 5.60 Å². The van der Waals surface area contributed by atoms with Gasteiger partial charge in [-0.2, -0.15) is 0 Å². The largest absolute Gasteiger partial charge is 0.387 e. The fourth-order valence-electron chi connectivity index (χ4n) is 3.26. The van der Waals surface area contributed by atoms with E-state index in [-0.39, 0.29) is 12.5 Å². The van der Waals surface area contributed by atoms with E-state index in [0.29, 0.717) is 18.7 Å². The van der Waals surface area contributed by atoms with E-state index in [2.05, 4.69) is 27.0 Å². The zero-order valence-corrected chi connectivity index (χ0v) is 14.7. The second-order valence-corrected chi connectivity index (χ2v) is 6.87. The topological polar surface area (TPSA) is 69.6 Å². The molecule has 0 spiro atoms. The van der Waals surface area contributed by atoms with Crippen molar-refractivity contribution in [3.05, 3.63) is 59.7 Å². The van der Waals surface area contributed by atoms with Crippen LogP contribution in [0.3, 0.4) is 0 Å². The Morgan fingerprint density at radius 3 is 2.72 bits per heavy atom. The number of aliphatic hydroxyl groups is 1. The smallest absolute Gasteiger partial charge is 0.273 e. The van der Waals surface area contributed by atoms with Crippen LogP contribution in [0, 0.1) is 6.92 Å². The zero-order chi connectivity index (χ0) is 17.9. The van der Waals surface area contributed by atoms with Gasteiger partial charge in [0, 0.05) is 32.9 Å². The summed E-state index contributed by atoms with van der Waals surface area (Å²) in [7, 11) is 1.70. The van der Waals surface area contributed by atoms with Gasteiger partial charge in [-0.3, -0.25) is 14.7 Å². The molecule has 2 heterocycles. The maximum absolute atomic E-state index is 12.5. The van der Waals surface area contributed by atoms with Crippen LogP contribution in [0.2, 0.25) is 0 Å². The first kappa shape index (κ1) is 17.5. The molecule has 1 fully saturated rings. The van der Waals surface area contributed by atoms with Crippen LogP contribution in [-0.2, 0) is 6.54 Å². The monoisotopic (exact) mass is 340 g/mol. The first-order valence-corrected chi connectivity index (χ1v) is 8.48. The lowest BCUT2D eigenvalue weighted by atomic mass is 10.0. The van der Waals surface area contributed by atoms with Crippen molar-refractivity contribution < 1.29 is 9.90 Å². The highest BCUT2D eigenvalue weighted by Gasteiger charge is 2.38. The molecular formula is C19H24N4O2. The predicted molar refractivity (Wildman–Crippen MR) is 95.0 cm³/mol. The summed E-state index contributed by atoms with van der Waals surface area (Å²) < 4.78 is 0. The summed E-state index contributed by atoms with van der Waals surface area (Å²) in [5, 5.41) is 10.9. The maximum atomic E-state index is 12.5. The Morgan fingerprint density at radius 2 is 2.04 bits per heavy atom. The molecule has 25 heavy (non-hydrogen) atoms. The Bertz CT molecular complexity index is 720. The summed E-state index contributed by atoms with van der Waals surface area (Å²) in [6.45, 7) is 4.29. The predicted octanol–water partition coefficient (Wildman–Crippen LogP) is 1.49. The molecule has 1 aromatic heterocycles. The van der Waals surface area contributed by atoms with Gasteiger partial charge in [-0.25, -0.2) is 4.98 Å². The molecule has 0 aliphatic carbocycles. The van der Waals surface area contributed by atoms with Crippen molar-refractivity contribution in [3.8, 4) is 0 Å². The lowest BCUT2D eigenvalue weighted by Crippen LogP contribution is -2.45. The Balaban J connectivity index is 1.58. The summed E-state index contributed by atoms with van der Waals surface area (Å²) in [4.78, 5) is 24.4. The molecule has 132 valence electrons. The Hall–Kier alpha value is -2.31. The van der Waals surface area contributed by atoms with Gasteiger partial charge in [0.2, 0.25) is 0 Å².